The molecule has 2 aliphatic heterocycles. The maximum atomic E-state index is 6.12. The van der Waals surface area contributed by atoms with Gasteiger partial charge in [-0.2, -0.15) is 0 Å². The summed E-state index contributed by atoms with van der Waals surface area (Å²) in [5.41, 5.74) is 1.37. The number of hydrogen-bond donors (Lipinski definition) is 0. The zero-order valence-corrected chi connectivity index (χ0v) is 14.1. The maximum Gasteiger partial charge on any atom is 0.118 e. The summed E-state index contributed by atoms with van der Waals surface area (Å²) in [6.45, 7) is 6.72. The van der Waals surface area contributed by atoms with Gasteiger partial charge in [0, 0.05) is 45.4 Å². The van der Waals surface area contributed by atoms with Crippen LogP contribution >= 0.6 is 0 Å². The summed E-state index contributed by atoms with van der Waals surface area (Å²) in [7, 11) is 1.72. The molecule has 4 nitrogen and oxygen atoms in total. The Morgan fingerprint density at radius 3 is 2.65 bits per heavy atom. The van der Waals surface area contributed by atoms with Crippen LogP contribution in [0.2, 0.25) is 0 Å². The Morgan fingerprint density at radius 2 is 1.91 bits per heavy atom. The summed E-state index contributed by atoms with van der Waals surface area (Å²) in [4.78, 5) is 5.23. The Hall–Kier alpha value is -1.10. The Labute approximate surface area is 139 Å². The van der Waals surface area contributed by atoms with Gasteiger partial charge in [-0.05, 0) is 42.9 Å². The zero-order chi connectivity index (χ0) is 15.6. The molecular formula is C19H28N2O2. The lowest BCUT2D eigenvalue weighted by Gasteiger charge is -2.37. The summed E-state index contributed by atoms with van der Waals surface area (Å²) in [5, 5.41) is 0. The molecule has 126 valence electrons. The third kappa shape index (κ3) is 3.87. The largest absolute Gasteiger partial charge is 0.497 e. The van der Waals surface area contributed by atoms with Gasteiger partial charge in [0.2, 0.25) is 0 Å². The van der Waals surface area contributed by atoms with E-state index < -0.39 is 0 Å². The van der Waals surface area contributed by atoms with Gasteiger partial charge in [-0.3, -0.25) is 9.80 Å². The van der Waals surface area contributed by atoms with Crippen LogP contribution in [-0.4, -0.2) is 61.8 Å². The van der Waals surface area contributed by atoms with E-state index in [2.05, 4.69) is 34.1 Å². The summed E-state index contributed by atoms with van der Waals surface area (Å²) in [6, 6.07) is 9.17. The van der Waals surface area contributed by atoms with E-state index in [1.165, 1.54) is 37.9 Å². The number of methoxy groups -OCH3 is 1. The number of piperazine rings is 1. The van der Waals surface area contributed by atoms with Crippen LogP contribution in [0.15, 0.2) is 24.3 Å². The topological polar surface area (TPSA) is 24.9 Å². The quantitative estimate of drug-likeness (QED) is 0.804. The summed E-state index contributed by atoms with van der Waals surface area (Å²) >= 11 is 0. The minimum Gasteiger partial charge on any atom is -0.497 e. The van der Waals surface area contributed by atoms with Crippen LogP contribution in [0, 0.1) is 5.92 Å². The van der Waals surface area contributed by atoms with Crippen molar-refractivity contribution in [2.24, 2.45) is 5.92 Å². The summed E-state index contributed by atoms with van der Waals surface area (Å²) in [6.07, 6.45) is 4.46. The lowest BCUT2D eigenvalue weighted by molar-refractivity contribution is 0.0508. The maximum absolute atomic E-state index is 6.12. The molecule has 23 heavy (non-hydrogen) atoms. The second-order valence-electron chi connectivity index (χ2n) is 7.37. The number of fused-ring (bicyclic) bond motifs is 1. The Bertz CT molecular complexity index is 515. The van der Waals surface area contributed by atoms with E-state index in [9.17, 15) is 0 Å². The van der Waals surface area contributed by atoms with Gasteiger partial charge in [-0.15, -0.1) is 0 Å². The van der Waals surface area contributed by atoms with E-state index in [0.29, 0.717) is 12.1 Å². The van der Waals surface area contributed by atoms with Crippen molar-refractivity contribution in [3.8, 4) is 5.75 Å². The van der Waals surface area contributed by atoms with Gasteiger partial charge in [0.1, 0.15) is 5.75 Å². The predicted octanol–water partition coefficient (Wildman–Crippen LogP) is 2.38. The van der Waals surface area contributed by atoms with Gasteiger partial charge in [0.05, 0.1) is 13.2 Å². The fourth-order valence-corrected chi connectivity index (χ4v) is 3.87. The molecule has 0 radical (unpaired) electrons. The van der Waals surface area contributed by atoms with E-state index in [1.807, 2.05) is 0 Å². The third-order valence-electron chi connectivity index (χ3n) is 5.49. The Kier molecular flexibility index (Phi) is 4.56. The predicted molar refractivity (Wildman–Crippen MR) is 90.7 cm³/mol. The molecule has 1 aliphatic carbocycles. The normalized spacial score (nSPS) is 28.7. The van der Waals surface area contributed by atoms with Crippen LogP contribution < -0.4 is 4.74 Å². The van der Waals surface area contributed by atoms with Gasteiger partial charge in [-0.25, -0.2) is 0 Å². The number of hydrogen-bond acceptors (Lipinski definition) is 4. The van der Waals surface area contributed by atoms with Crippen LogP contribution in [0.25, 0.3) is 0 Å². The SMILES string of the molecule is COc1ccc(CN2CCN3C[C@H](OCC4CC4)C[C@H]3C2)cc1. The highest BCUT2D eigenvalue weighted by molar-refractivity contribution is 5.27. The summed E-state index contributed by atoms with van der Waals surface area (Å²) < 4.78 is 11.4. The molecule has 0 unspecified atom stereocenters. The molecule has 1 saturated carbocycles. The smallest absolute Gasteiger partial charge is 0.118 e. The van der Waals surface area contributed by atoms with Gasteiger partial charge < -0.3 is 9.47 Å². The standard InChI is InChI=1S/C19H28N2O2/c1-22-18-6-4-15(5-7-18)11-20-8-9-21-13-19(10-17(21)12-20)23-14-16-2-3-16/h4-7,16-17,19H,2-3,8-14H2,1H3/t17-,19+/m0/s1. The Balaban J connectivity index is 1.27. The van der Waals surface area contributed by atoms with Crippen molar-refractivity contribution in [3.05, 3.63) is 29.8 Å². The number of rotatable bonds is 6. The van der Waals surface area contributed by atoms with Crippen LogP contribution in [0.4, 0.5) is 0 Å². The molecule has 4 heteroatoms. The minimum atomic E-state index is 0.474. The van der Waals surface area contributed by atoms with Gasteiger partial charge in [0.15, 0.2) is 0 Å². The van der Waals surface area contributed by atoms with Crippen LogP contribution in [0.5, 0.6) is 5.75 Å². The molecule has 1 aromatic carbocycles. The highest BCUT2D eigenvalue weighted by atomic mass is 16.5. The third-order valence-corrected chi connectivity index (χ3v) is 5.49. The first-order valence-corrected chi connectivity index (χ1v) is 9.01. The molecule has 3 aliphatic rings. The van der Waals surface area contributed by atoms with Gasteiger partial charge >= 0.3 is 0 Å². The number of ether oxygens (including phenoxy) is 2. The number of nitrogens with zero attached hydrogens (tertiary/aromatic N) is 2. The molecule has 0 aromatic heterocycles. The fourth-order valence-electron chi connectivity index (χ4n) is 3.87. The first-order chi connectivity index (χ1) is 11.3. The molecule has 1 aromatic rings. The minimum absolute atomic E-state index is 0.474. The Morgan fingerprint density at radius 1 is 1.09 bits per heavy atom. The molecule has 0 N–H and O–H groups in total. The molecule has 2 heterocycles. The molecule has 2 saturated heterocycles. The van der Waals surface area contributed by atoms with E-state index in [4.69, 9.17) is 9.47 Å². The zero-order valence-electron chi connectivity index (χ0n) is 14.1. The van der Waals surface area contributed by atoms with Crippen molar-refractivity contribution in [1.82, 2.24) is 9.80 Å². The van der Waals surface area contributed by atoms with Crippen LogP contribution in [0.3, 0.4) is 0 Å². The molecule has 0 amide bonds. The van der Waals surface area contributed by atoms with Crippen molar-refractivity contribution < 1.29 is 9.47 Å². The van der Waals surface area contributed by atoms with Crippen molar-refractivity contribution in [3.63, 3.8) is 0 Å². The average Bonchev–Trinajstić information content (AvgIpc) is 3.32. The first-order valence-electron chi connectivity index (χ1n) is 9.01. The highest BCUT2D eigenvalue weighted by Gasteiger charge is 2.37. The van der Waals surface area contributed by atoms with E-state index in [-0.39, 0.29) is 0 Å². The fraction of sp³-hybridized carbons (Fsp3) is 0.684. The molecular weight excluding hydrogens is 288 g/mol. The van der Waals surface area contributed by atoms with Crippen molar-refractivity contribution in [2.45, 2.75) is 38.0 Å². The van der Waals surface area contributed by atoms with Crippen molar-refractivity contribution in [1.29, 1.82) is 0 Å². The van der Waals surface area contributed by atoms with Gasteiger partial charge in [0.25, 0.3) is 0 Å². The first kappa shape index (κ1) is 15.4. The summed E-state index contributed by atoms with van der Waals surface area (Å²) in [5.74, 6) is 1.81. The molecule has 3 fully saturated rings. The van der Waals surface area contributed by atoms with Crippen LogP contribution in [0.1, 0.15) is 24.8 Å². The molecule has 4 rings (SSSR count). The van der Waals surface area contributed by atoms with E-state index in [0.717, 1.165) is 37.9 Å². The van der Waals surface area contributed by atoms with E-state index >= 15 is 0 Å². The van der Waals surface area contributed by atoms with Crippen LogP contribution in [-0.2, 0) is 11.3 Å². The average molecular weight is 316 g/mol. The molecule has 2 atom stereocenters. The van der Waals surface area contributed by atoms with E-state index in [1.54, 1.807) is 7.11 Å². The second-order valence-corrected chi connectivity index (χ2v) is 7.37. The number of benzene rings is 1. The second kappa shape index (κ2) is 6.80. The van der Waals surface area contributed by atoms with Crippen molar-refractivity contribution >= 4 is 0 Å². The van der Waals surface area contributed by atoms with Gasteiger partial charge in [-0.1, -0.05) is 12.1 Å². The monoisotopic (exact) mass is 316 g/mol. The lowest BCUT2D eigenvalue weighted by Crippen LogP contribution is -2.49. The molecule has 0 spiro atoms. The lowest BCUT2D eigenvalue weighted by atomic mass is 10.1. The van der Waals surface area contributed by atoms with Crippen molar-refractivity contribution in [2.75, 3.05) is 39.9 Å². The molecule has 0 bridgehead atoms. The highest BCUT2D eigenvalue weighted by Crippen LogP contribution is 2.31.